The van der Waals surface area contributed by atoms with Crippen LogP contribution < -0.4 is 10.2 Å². The van der Waals surface area contributed by atoms with Gasteiger partial charge in [0.15, 0.2) is 0 Å². The number of anilines is 4. The molecule has 0 atom stereocenters. The predicted molar refractivity (Wildman–Crippen MR) is 208 cm³/mol. The lowest BCUT2D eigenvalue weighted by atomic mass is 9.78. The van der Waals surface area contributed by atoms with E-state index in [0.717, 1.165) is 18.5 Å². The molecule has 0 fully saturated rings. The molecule has 0 aliphatic rings. The molecule has 0 bridgehead atoms. The highest BCUT2D eigenvalue weighted by atomic mass is 15.2. The molecular formula is C45H62N2. The third-order valence-electron chi connectivity index (χ3n) is 9.94. The highest BCUT2D eigenvalue weighted by Gasteiger charge is 2.34. The topological polar surface area (TPSA) is 15.3 Å². The number of hydrogen-bond acceptors (Lipinski definition) is 2. The van der Waals surface area contributed by atoms with Crippen molar-refractivity contribution in [1.29, 1.82) is 0 Å². The molecule has 0 aromatic heterocycles. The monoisotopic (exact) mass is 630 g/mol. The first-order chi connectivity index (χ1) is 21.7. The zero-order valence-corrected chi connectivity index (χ0v) is 32.0. The smallest absolute Gasteiger partial charge is 0.0640 e. The van der Waals surface area contributed by atoms with Crippen molar-refractivity contribution in [2.24, 2.45) is 0 Å². The van der Waals surface area contributed by atoms with Gasteiger partial charge < -0.3 is 10.2 Å². The van der Waals surface area contributed by atoms with E-state index in [4.69, 9.17) is 0 Å². The van der Waals surface area contributed by atoms with Crippen LogP contribution in [0.3, 0.4) is 0 Å². The summed E-state index contributed by atoms with van der Waals surface area (Å²) in [6.45, 7) is 32.1. The van der Waals surface area contributed by atoms with Gasteiger partial charge in [-0.25, -0.2) is 0 Å². The van der Waals surface area contributed by atoms with Crippen LogP contribution in [0.5, 0.6) is 0 Å². The van der Waals surface area contributed by atoms with E-state index in [-0.39, 0.29) is 27.2 Å². The Balaban J connectivity index is 1.99. The van der Waals surface area contributed by atoms with E-state index >= 15 is 0 Å². The standard InChI is InChI=1S/C45H62N2/c1-15-45(16-2,46-36-24-17-32(18-25-36)41(3,4)5)39-31-35(44(12,13)14)23-30-40(39)47(37-26-19-33(20-27-37)42(6,7)8)38-28-21-34(22-29-38)43(9,10)11/h17-31,46H,15-16H2,1-14H3. The molecule has 0 amide bonds. The van der Waals surface area contributed by atoms with Crippen molar-refractivity contribution >= 4 is 22.7 Å². The first-order valence-corrected chi connectivity index (χ1v) is 17.7. The molecule has 1 N–H and O–H groups in total. The lowest BCUT2D eigenvalue weighted by Gasteiger charge is -2.40. The van der Waals surface area contributed by atoms with Crippen molar-refractivity contribution in [2.75, 3.05) is 10.2 Å². The molecule has 252 valence electrons. The Labute approximate surface area is 288 Å². The summed E-state index contributed by atoms with van der Waals surface area (Å²) >= 11 is 0. The highest BCUT2D eigenvalue weighted by Crippen LogP contribution is 2.46. The summed E-state index contributed by atoms with van der Waals surface area (Å²) in [5.41, 5.74) is 11.4. The van der Waals surface area contributed by atoms with Gasteiger partial charge in [0.2, 0.25) is 0 Å². The molecule has 0 saturated heterocycles. The molecule has 4 aromatic rings. The van der Waals surface area contributed by atoms with Gasteiger partial charge in [-0.15, -0.1) is 0 Å². The fourth-order valence-electron chi connectivity index (χ4n) is 6.43. The molecule has 0 saturated carbocycles. The normalized spacial score (nSPS) is 13.1. The number of benzene rings is 4. The molecule has 0 spiro atoms. The molecule has 0 unspecified atom stereocenters. The third-order valence-corrected chi connectivity index (χ3v) is 9.94. The van der Waals surface area contributed by atoms with Gasteiger partial charge >= 0.3 is 0 Å². The van der Waals surface area contributed by atoms with Crippen LogP contribution >= 0.6 is 0 Å². The van der Waals surface area contributed by atoms with E-state index in [9.17, 15) is 0 Å². The number of rotatable bonds is 8. The minimum Gasteiger partial charge on any atom is -0.375 e. The van der Waals surface area contributed by atoms with Crippen LogP contribution in [0, 0.1) is 0 Å². The minimum atomic E-state index is -0.283. The average Bonchev–Trinajstić information content (AvgIpc) is 2.99. The van der Waals surface area contributed by atoms with Gasteiger partial charge in [-0.1, -0.05) is 145 Å². The van der Waals surface area contributed by atoms with Crippen molar-refractivity contribution in [3.8, 4) is 0 Å². The second kappa shape index (κ2) is 13.2. The van der Waals surface area contributed by atoms with Gasteiger partial charge in [0, 0.05) is 22.6 Å². The predicted octanol–water partition coefficient (Wildman–Crippen LogP) is 13.5. The van der Waals surface area contributed by atoms with E-state index in [1.165, 1.54) is 44.9 Å². The maximum absolute atomic E-state index is 4.10. The van der Waals surface area contributed by atoms with Gasteiger partial charge in [0.05, 0.1) is 11.2 Å². The summed E-state index contributed by atoms with van der Waals surface area (Å²) in [7, 11) is 0. The minimum absolute atomic E-state index is 0.0163. The van der Waals surface area contributed by atoms with E-state index in [0.29, 0.717) is 0 Å². The summed E-state index contributed by atoms with van der Waals surface area (Å²) < 4.78 is 0. The highest BCUT2D eigenvalue weighted by molar-refractivity contribution is 5.80. The third kappa shape index (κ3) is 8.14. The van der Waals surface area contributed by atoms with Crippen molar-refractivity contribution < 1.29 is 0 Å². The molecule has 0 aliphatic carbocycles. The molecule has 47 heavy (non-hydrogen) atoms. The number of nitrogens with zero attached hydrogens (tertiary/aromatic N) is 1. The molecule has 4 rings (SSSR count). The maximum atomic E-state index is 4.10. The Bertz CT molecular complexity index is 1550. The molecule has 0 aliphatic heterocycles. The zero-order valence-electron chi connectivity index (χ0n) is 32.0. The van der Waals surface area contributed by atoms with Gasteiger partial charge in [-0.3, -0.25) is 0 Å². The molecule has 2 nitrogen and oxygen atoms in total. The summed E-state index contributed by atoms with van der Waals surface area (Å²) in [6.07, 6.45) is 1.90. The fraction of sp³-hybridized carbons (Fsp3) is 0.467. The van der Waals surface area contributed by atoms with Gasteiger partial charge in [0.25, 0.3) is 0 Å². The Morgan fingerprint density at radius 3 is 1.13 bits per heavy atom. The second-order valence-corrected chi connectivity index (χ2v) is 17.7. The van der Waals surface area contributed by atoms with Crippen LogP contribution in [-0.2, 0) is 27.2 Å². The van der Waals surface area contributed by atoms with Crippen LogP contribution in [0.4, 0.5) is 22.7 Å². The number of hydrogen-bond donors (Lipinski definition) is 1. The van der Waals surface area contributed by atoms with E-state index in [1.807, 2.05) is 0 Å². The first-order valence-electron chi connectivity index (χ1n) is 17.7. The van der Waals surface area contributed by atoms with Gasteiger partial charge in [0.1, 0.15) is 0 Å². The molecule has 0 heterocycles. The second-order valence-electron chi connectivity index (χ2n) is 17.7. The Morgan fingerprint density at radius 1 is 0.447 bits per heavy atom. The van der Waals surface area contributed by atoms with Crippen LogP contribution in [-0.4, -0.2) is 0 Å². The van der Waals surface area contributed by atoms with Crippen LogP contribution in [0.2, 0.25) is 0 Å². The SMILES string of the molecule is CCC(CC)(Nc1ccc(C(C)(C)C)cc1)c1cc(C(C)(C)C)ccc1N(c1ccc(C(C)(C)C)cc1)c1ccc(C(C)(C)C)cc1. The van der Waals surface area contributed by atoms with Crippen LogP contribution in [0.25, 0.3) is 0 Å². The fourth-order valence-corrected chi connectivity index (χ4v) is 6.43. The Hall–Kier alpha value is -3.52. The molecular weight excluding hydrogens is 569 g/mol. The van der Waals surface area contributed by atoms with E-state index in [1.54, 1.807) is 0 Å². The Kier molecular flexibility index (Phi) is 10.2. The van der Waals surface area contributed by atoms with Crippen molar-refractivity contribution in [3.05, 3.63) is 119 Å². The van der Waals surface area contributed by atoms with Crippen LogP contribution in [0.1, 0.15) is 138 Å². The number of nitrogens with one attached hydrogen (secondary N) is 1. The Morgan fingerprint density at radius 2 is 0.787 bits per heavy atom. The van der Waals surface area contributed by atoms with Crippen molar-refractivity contribution in [2.45, 2.75) is 137 Å². The lowest BCUT2D eigenvalue weighted by molar-refractivity contribution is 0.453. The van der Waals surface area contributed by atoms with Crippen molar-refractivity contribution in [3.63, 3.8) is 0 Å². The summed E-state index contributed by atoms with van der Waals surface area (Å²) in [4.78, 5) is 2.48. The lowest BCUT2D eigenvalue weighted by Crippen LogP contribution is -2.36. The zero-order chi connectivity index (χ0) is 35.0. The van der Waals surface area contributed by atoms with E-state index < -0.39 is 0 Å². The van der Waals surface area contributed by atoms with Crippen LogP contribution in [0.15, 0.2) is 91.0 Å². The maximum Gasteiger partial charge on any atom is 0.0640 e. The summed E-state index contributed by atoms with van der Waals surface area (Å²) in [5, 5.41) is 4.10. The van der Waals surface area contributed by atoms with Crippen molar-refractivity contribution in [1.82, 2.24) is 0 Å². The summed E-state index contributed by atoms with van der Waals surface area (Å²) in [6, 6.07) is 34.7. The molecule has 4 aromatic carbocycles. The average molecular weight is 631 g/mol. The van der Waals surface area contributed by atoms with E-state index in [2.05, 4.69) is 198 Å². The first kappa shape index (κ1) is 36.3. The van der Waals surface area contributed by atoms with Gasteiger partial charge in [-0.05, 0) is 99.2 Å². The quantitative estimate of drug-likeness (QED) is 0.208. The molecule has 2 heteroatoms. The summed E-state index contributed by atoms with van der Waals surface area (Å²) in [5.74, 6) is 0. The largest absolute Gasteiger partial charge is 0.375 e. The van der Waals surface area contributed by atoms with Gasteiger partial charge in [-0.2, -0.15) is 0 Å². The molecule has 0 radical (unpaired) electrons.